The Morgan fingerprint density at radius 1 is 1.12 bits per heavy atom. The fourth-order valence-corrected chi connectivity index (χ4v) is 3.14. The fraction of sp³-hybridized carbons (Fsp3) is 0.211. The van der Waals surface area contributed by atoms with Crippen LogP contribution in [0.25, 0.3) is 5.69 Å². The minimum Gasteiger partial charge on any atom is -0.325 e. The number of thioether (sulfide) groups is 1. The van der Waals surface area contributed by atoms with E-state index in [9.17, 15) is 4.79 Å². The second kappa shape index (κ2) is 7.53. The minimum absolute atomic E-state index is 0.0582. The molecular weight excluding hydrogens is 332 g/mol. The van der Waals surface area contributed by atoms with E-state index in [4.69, 9.17) is 0 Å². The summed E-state index contributed by atoms with van der Waals surface area (Å²) in [5, 5.41) is 11.7. The molecule has 25 heavy (non-hydrogen) atoms. The first kappa shape index (κ1) is 17.2. The van der Waals surface area contributed by atoms with Crippen LogP contribution in [0.15, 0.2) is 53.9 Å². The summed E-state index contributed by atoms with van der Waals surface area (Å²) in [4.78, 5) is 12.3. The molecule has 128 valence electrons. The fourth-order valence-electron chi connectivity index (χ4n) is 2.41. The van der Waals surface area contributed by atoms with E-state index in [2.05, 4.69) is 15.5 Å². The zero-order valence-electron chi connectivity index (χ0n) is 14.5. The first-order chi connectivity index (χ1) is 12.0. The van der Waals surface area contributed by atoms with Crippen LogP contribution in [0.1, 0.15) is 16.7 Å². The number of hydrogen-bond donors (Lipinski definition) is 1. The number of nitrogens with zero attached hydrogens (tertiary/aromatic N) is 3. The van der Waals surface area contributed by atoms with Gasteiger partial charge in [-0.05, 0) is 50.1 Å². The van der Waals surface area contributed by atoms with Gasteiger partial charge in [0.2, 0.25) is 5.91 Å². The van der Waals surface area contributed by atoms with Crippen molar-refractivity contribution in [3.8, 4) is 5.69 Å². The highest BCUT2D eigenvalue weighted by atomic mass is 32.2. The lowest BCUT2D eigenvalue weighted by molar-refractivity contribution is -0.113. The van der Waals surface area contributed by atoms with Gasteiger partial charge in [0, 0.05) is 11.4 Å². The maximum absolute atomic E-state index is 12.3. The van der Waals surface area contributed by atoms with Gasteiger partial charge in [-0.3, -0.25) is 9.36 Å². The molecule has 0 fully saturated rings. The van der Waals surface area contributed by atoms with Crippen molar-refractivity contribution in [3.05, 3.63) is 65.5 Å². The molecule has 0 aliphatic rings. The van der Waals surface area contributed by atoms with Crippen molar-refractivity contribution in [1.29, 1.82) is 0 Å². The normalized spacial score (nSPS) is 10.7. The van der Waals surface area contributed by atoms with E-state index in [1.54, 1.807) is 6.33 Å². The number of hydrogen-bond acceptors (Lipinski definition) is 4. The molecule has 0 saturated carbocycles. The van der Waals surface area contributed by atoms with Gasteiger partial charge in [-0.15, -0.1) is 10.2 Å². The van der Waals surface area contributed by atoms with Gasteiger partial charge < -0.3 is 5.32 Å². The predicted octanol–water partition coefficient (Wildman–Crippen LogP) is 3.92. The number of aryl methyl sites for hydroxylation is 2. The lowest BCUT2D eigenvalue weighted by Crippen LogP contribution is -2.15. The molecule has 3 rings (SSSR count). The van der Waals surface area contributed by atoms with Crippen molar-refractivity contribution in [2.75, 3.05) is 11.1 Å². The molecule has 0 aliphatic carbocycles. The average molecular weight is 352 g/mol. The van der Waals surface area contributed by atoms with Gasteiger partial charge in [-0.25, -0.2) is 0 Å². The summed E-state index contributed by atoms with van der Waals surface area (Å²) in [5.74, 6) is 0.218. The molecule has 6 heteroatoms. The molecule has 5 nitrogen and oxygen atoms in total. The maximum atomic E-state index is 12.3. The van der Waals surface area contributed by atoms with Crippen LogP contribution in [0, 0.1) is 20.8 Å². The van der Waals surface area contributed by atoms with Gasteiger partial charge in [0.15, 0.2) is 5.16 Å². The van der Waals surface area contributed by atoms with Gasteiger partial charge in [-0.1, -0.05) is 41.6 Å². The molecule has 0 unspecified atom stereocenters. The van der Waals surface area contributed by atoms with Crippen LogP contribution in [-0.2, 0) is 4.79 Å². The zero-order chi connectivity index (χ0) is 17.8. The Kier molecular flexibility index (Phi) is 5.19. The van der Waals surface area contributed by atoms with Crippen molar-refractivity contribution in [2.24, 2.45) is 0 Å². The predicted molar refractivity (Wildman–Crippen MR) is 101 cm³/mol. The van der Waals surface area contributed by atoms with Crippen molar-refractivity contribution in [1.82, 2.24) is 14.8 Å². The highest BCUT2D eigenvalue weighted by Gasteiger charge is 2.11. The Labute approximate surface area is 151 Å². The second-order valence-electron chi connectivity index (χ2n) is 5.90. The number of carbonyl (C=O) groups is 1. The summed E-state index contributed by atoms with van der Waals surface area (Å²) in [6, 6.07) is 14.0. The van der Waals surface area contributed by atoms with E-state index >= 15 is 0 Å². The number of amides is 1. The largest absolute Gasteiger partial charge is 0.325 e. The number of rotatable bonds is 5. The van der Waals surface area contributed by atoms with Crippen LogP contribution >= 0.6 is 11.8 Å². The summed E-state index contributed by atoms with van der Waals surface area (Å²) in [7, 11) is 0. The van der Waals surface area contributed by atoms with Gasteiger partial charge in [0.25, 0.3) is 0 Å². The molecule has 0 bridgehead atoms. The Bertz CT molecular complexity index is 887. The maximum Gasteiger partial charge on any atom is 0.234 e. The van der Waals surface area contributed by atoms with Crippen LogP contribution in [-0.4, -0.2) is 26.4 Å². The first-order valence-corrected chi connectivity index (χ1v) is 8.99. The van der Waals surface area contributed by atoms with E-state index < -0.39 is 0 Å². The molecule has 0 saturated heterocycles. The number of carbonyl (C=O) groups excluding carboxylic acids is 1. The number of benzene rings is 2. The van der Waals surface area contributed by atoms with Crippen LogP contribution in [0.5, 0.6) is 0 Å². The molecule has 0 atom stereocenters. The van der Waals surface area contributed by atoms with Crippen molar-refractivity contribution >= 4 is 23.4 Å². The Morgan fingerprint density at radius 3 is 2.64 bits per heavy atom. The lowest BCUT2D eigenvalue weighted by atomic mass is 10.1. The zero-order valence-corrected chi connectivity index (χ0v) is 15.3. The molecular formula is C19H20N4OS. The van der Waals surface area contributed by atoms with Gasteiger partial charge in [0.05, 0.1) is 5.75 Å². The third kappa shape index (κ3) is 4.09. The summed E-state index contributed by atoms with van der Waals surface area (Å²) in [6.45, 7) is 6.08. The van der Waals surface area contributed by atoms with Crippen LogP contribution in [0.4, 0.5) is 5.69 Å². The summed E-state index contributed by atoms with van der Waals surface area (Å²) in [6.07, 6.45) is 1.66. The molecule has 1 heterocycles. The topological polar surface area (TPSA) is 59.8 Å². The van der Waals surface area contributed by atoms with Crippen molar-refractivity contribution in [2.45, 2.75) is 25.9 Å². The summed E-state index contributed by atoms with van der Waals surface area (Å²) in [5.41, 5.74) is 5.27. The Morgan fingerprint density at radius 2 is 1.88 bits per heavy atom. The molecule has 0 radical (unpaired) electrons. The molecule has 0 spiro atoms. The van der Waals surface area contributed by atoms with Gasteiger partial charge in [-0.2, -0.15) is 0 Å². The molecule has 2 aromatic carbocycles. The van der Waals surface area contributed by atoms with Crippen LogP contribution in [0.2, 0.25) is 0 Å². The van der Waals surface area contributed by atoms with E-state index in [0.29, 0.717) is 5.16 Å². The summed E-state index contributed by atoms with van der Waals surface area (Å²) < 4.78 is 1.88. The van der Waals surface area contributed by atoms with Crippen molar-refractivity contribution in [3.63, 3.8) is 0 Å². The van der Waals surface area contributed by atoms with E-state index in [0.717, 1.165) is 22.5 Å². The highest BCUT2D eigenvalue weighted by molar-refractivity contribution is 7.99. The third-order valence-electron chi connectivity index (χ3n) is 4.04. The molecule has 1 aromatic heterocycles. The van der Waals surface area contributed by atoms with E-state index in [-0.39, 0.29) is 11.7 Å². The number of nitrogens with one attached hydrogen (secondary N) is 1. The smallest absolute Gasteiger partial charge is 0.234 e. The monoisotopic (exact) mass is 352 g/mol. The first-order valence-electron chi connectivity index (χ1n) is 8.00. The molecule has 1 N–H and O–H groups in total. The summed E-state index contributed by atoms with van der Waals surface area (Å²) >= 11 is 1.37. The molecule has 3 aromatic rings. The van der Waals surface area contributed by atoms with Crippen molar-refractivity contribution < 1.29 is 4.79 Å². The van der Waals surface area contributed by atoms with E-state index in [1.807, 2.05) is 67.8 Å². The van der Waals surface area contributed by atoms with Crippen LogP contribution < -0.4 is 5.32 Å². The minimum atomic E-state index is -0.0582. The van der Waals surface area contributed by atoms with E-state index in [1.165, 1.54) is 17.3 Å². The Balaban J connectivity index is 1.66. The quantitative estimate of drug-likeness (QED) is 0.707. The number of aromatic nitrogens is 3. The molecule has 1 amide bonds. The standard InChI is InChI=1S/C19H20N4OS/c1-13-7-9-16(10-8-13)23-12-20-22-19(23)25-11-18(24)21-17-6-4-5-14(2)15(17)3/h4-10,12H,11H2,1-3H3,(H,21,24). The average Bonchev–Trinajstić information content (AvgIpc) is 3.06. The SMILES string of the molecule is Cc1ccc(-n2cnnc2SCC(=O)Nc2cccc(C)c2C)cc1. The number of anilines is 1. The lowest BCUT2D eigenvalue weighted by Gasteiger charge is -2.10. The second-order valence-corrected chi connectivity index (χ2v) is 6.85. The highest BCUT2D eigenvalue weighted by Crippen LogP contribution is 2.21. The third-order valence-corrected chi connectivity index (χ3v) is 4.98. The van der Waals surface area contributed by atoms with Crippen LogP contribution in [0.3, 0.4) is 0 Å². The van der Waals surface area contributed by atoms with Gasteiger partial charge >= 0.3 is 0 Å². The van der Waals surface area contributed by atoms with Gasteiger partial charge in [0.1, 0.15) is 6.33 Å². The Hall–Kier alpha value is -2.60. The molecule has 0 aliphatic heterocycles.